The molecule has 0 spiro atoms. The van der Waals surface area contributed by atoms with Gasteiger partial charge < -0.3 is 0 Å². The number of carbonyl (C=O) groups excluding carboxylic acids is 2. The zero-order chi connectivity index (χ0) is 46.3. The van der Waals surface area contributed by atoms with Crippen LogP contribution in [0.4, 0.5) is 0 Å². The van der Waals surface area contributed by atoms with Gasteiger partial charge in [0.05, 0.1) is 5.92 Å². The third-order valence-electron chi connectivity index (χ3n) is 14.0. The maximum absolute atomic E-state index is 13.5. The minimum Gasteiger partial charge on any atom is -0.299 e. The molecule has 0 aromatic rings. The van der Waals surface area contributed by atoms with Crippen LogP contribution in [0.5, 0.6) is 0 Å². The van der Waals surface area contributed by atoms with E-state index in [4.69, 9.17) is 0 Å². The Morgan fingerprint density at radius 3 is 0.844 bits per heavy atom. The highest BCUT2D eigenvalue weighted by Crippen LogP contribution is 2.22. The first-order valence-corrected chi connectivity index (χ1v) is 29.7. The zero-order valence-electron chi connectivity index (χ0n) is 44.2. The number of rotatable bonds is 55. The molecule has 0 atom stereocenters. The Kier molecular flexibility index (Phi) is 54.6. The first-order chi connectivity index (χ1) is 31.7. The molecule has 376 valence electrons. The van der Waals surface area contributed by atoms with Gasteiger partial charge in [0.2, 0.25) is 0 Å². The number of hydrogen-bond donors (Lipinski definition) is 0. The largest absolute Gasteiger partial charge is 0.299 e. The van der Waals surface area contributed by atoms with Crippen LogP contribution in [-0.4, -0.2) is 11.6 Å². The van der Waals surface area contributed by atoms with Crippen LogP contribution in [0, 0.1) is 5.92 Å². The van der Waals surface area contributed by atoms with E-state index in [0.717, 1.165) is 70.6 Å². The molecule has 2 nitrogen and oxygen atoms in total. The van der Waals surface area contributed by atoms with Crippen LogP contribution in [0.25, 0.3) is 0 Å². The van der Waals surface area contributed by atoms with Gasteiger partial charge in [-0.15, -0.1) is 0 Å². The summed E-state index contributed by atoms with van der Waals surface area (Å²) in [5.41, 5.74) is 0. The quantitative estimate of drug-likeness (QED) is 0.0346. The zero-order valence-corrected chi connectivity index (χ0v) is 44.2. The Labute approximate surface area is 403 Å². The number of ketones is 2. The average molecular weight is 894 g/mol. The maximum Gasteiger partial charge on any atom is 0.143 e. The third kappa shape index (κ3) is 50.0. The van der Waals surface area contributed by atoms with Crippen molar-refractivity contribution in [1.82, 2.24) is 0 Å². The van der Waals surface area contributed by atoms with Gasteiger partial charge in [-0.2, -0.15) is 0 Å². The molecule has 0 aliphatic carbocycles. The predicted octanol–water partition coefficient (Wildman–Crippen LogP) is 22.0. The second kappa shape index (κ2) is 55.9. The summed E-state index contributed by atoms with van der Waals surface area (Å²) >= 11 is 0. The molecular formula is C62H116O2. The van der Waals surface area contributed by atoms with Crippen LogP contribution in [0.15, 0.2) is 36.5 Å². The lowest BCUT2D eigenvalue weighted by Gasteiger charge is -2.15. The van der Waals surface area contributed by atoms with E-state index in [2.05, 4.69) is 57.2 Å². The van der Waals surface area contributed by atoms with E-state index in [1.54, 1.807) is 0 Å². The van der Waals surface area contributed by atoms with Crippen LogP contribution < -0.4 is 0 Å². The van der Waals surface area contributed by atoms with Crippen LogP contribution in [-0.2, 0) is 9.59 Å². The summed E-state index contributed by atoms with van der Waals surface area (Å²) in [6.07, 6.45) is 77.7. The summed E-state index contributed by atoms with van der Waals surface area (Å²) in [7, 11) is 0. The van der Waals surface area contributed by atoms with E-state index < -0.39 is 0 Å². The van der Waals surface area contributed by atoms with Gasteiger partial charge in [0.25, 0.3) is 0 Å². The van der Waals surface area contributed by atoms with Crippen molar-refractivity contribution in [3.8, 4) is 0 Å². The molecular weight excluding hydrogens is 777 g/mol. The van der Waals surface area contributed by atoms with Gasteiger partial charge in [-0.05, 0) is 51.4 Å². The molecule has 2 heteroatoms. The van der Waals surface area contributed by atoms with Crippen molar-refractivity contribution in [3.63, 3.8) is 0 Å². The molecule has 0 fully saturated rings. The summed E-state index contributed by atoms with van der Waals surface area (Å²) in [5, 5.41) is 0. The van der Waals surface area contributed by atoms with E-state index >= 15 is 0 Å². The maximum atomic E-state index is 13.5. The summed E-state index contributed by atoms with van der Waals surface area (Å²) < 4.78 is 0. The number of hydrogen-bond acceptors (Lipinski definition) is 2. The highest BCUT2D eigenvalue weighted by molar-refractivity contribution is 6.02. The molecule has 0 bridgehead atoms. The van der Waals surface area contributed by atoms with Crippen molar-refractivity contribution >= 4 is 11.6 Å². The van der Waals surface area contributed by atoms with Gasteiger partial charge in [-0.1, -0.05) is 314 Å². The lowest BCUT2D eigenvalue weighted by Crippen LogP contribution is -2.24. The monoisotopic (exact) mass is 893 g/mol. The van der Waals surface area contributed by atoms with Gasteiger partial charge in [0.1, 0.15) is 11.6 Å². The first kappa shape index (κ1) is 62.6. The average Bonchev–Trinajstić information content (AvgIpc) is 3.30. The number of carbonyl (C=O) groups is 2. The Balaban J connectivity index is 4.23. The molecule has 0 saturated heterocycles. The highest BCUT2D eigenvalue weighted by Gasteiger charge is 2.24. The number of unbranched alkanes of at least 4 members (excludes halogenated alkanes) is 41. The lowest BCUT2D eigenvalue weighted by atomic mass is 9.87. The van der Waals surface area contributed by atoms with Gasteiger partial charge >= 0.3 is 0 Å². The van der Waals surface area contributed by atoms with Crippen molar-refractivity contribution in [2.45, 2.75) is 342 Å². The minimum atomic E-state index is -0.334. The molecule has 0 aliphatic rings. The Morgan fingerprint density at radius 1 is 0.281 bits per heavy atom. The molecule has 0 heterocycles. The summed E-state index contributed by atoms with van der Waals surface area (Å²) in [6, 6.07) is 0. The second-order valence-corrected chi connectivity index (χ2v) is 20.4. The van der Waals surface area contributed by atoms with E-state index in [0.29, 0.717) is 12.8 Å². The fraction of sp³-hybridized carbons (Fsp3) is 0.871. The number of Topliss-reactive ketones (excluding diaryl/α,β-unsaturated/α-hetero) is 2. The molecule has 0 saturated carbocycles. The Morgan fingerprint density at radius 2 is 0.531 bits per heavy atom. The standard InChI is InChI=1S/C62H116O2/c1-4-7-10-13-16-19-22-25-28-30-32-34-37-40-43-46-49-52-55-58-61(63)60(57-54-51-48-45-42-39-36-27-24-21-18-15-12-9-6-3)62(64)59-56-53-50-47-44-41-38-35-33-31-29-26-23-20-17-14-11-8-5-2/h9,12,18,21,27,36,60H,4-8,10-11,13-17,19-20,22-26,28-35,37-59H2,1-3H3/b12-9-,21-18-,36-27-. The van der Waals surface area contributed by atoms with Crippen LogP contribution in [0.1, 0.15) is 342 Å². The van der Waals surface area contributed by atoms with Crippen molar-refractivity contribution in [1.29, 1.82) is 0 Å². The first-order valence-electron chi connectivity index (χ1n) is 29.7. The second-order valence-electron chi connectivity index (χ2n) is 20.4. The summed E-state index contributed by atoms with van der Waals surface area (Å²) in [4.78, 5) is 27.0. The highest BCUT2D eigenvalue weighted by atomic mass is 16.1. The van der Waals surface area contributed by atoms with E-state index in [9.17, 15) is 9.59 Å². The molecule has 0 aromatic carbocycles. The van der Waals surface area contributed by atoms with Crippen LogP contribution in [0.3, 0.4) is 0 Å². The number of allylic oxidation sites excluding steroid dienone is 6. The Bertz CT molecular complexity index is 950. The molecule has 0 N–H and O–H groups in total. The molecule has 0 radical (unpaired) electrons. The van der Waals surface area contributed by atoms with E-state index in [-0.39, 0.29) is 17.5 Å². The molecule has 64 heavy (non-hydrogen) atoms. The van der Waals surface area contributed by atoms with Crippen LogP contribution >= 0.6 is 0 Å². The lowest BCUT2D eigenvalue weighted by molar-refractivity contribution is -0.133. The van der Waals surface area contributed by atoms with Crippen molar-refractivity contribution < 1.29 is 9.59 Å². The van der Waals surface area contributed by atoms with Gasteiger partial charge in [0.15, 0.2) is 0 Å². The van der Waals surface area contributed by atoms with E-state index in [1.807, 2.05) is 0 Å². The minimum absolute atomic E-state index is 0.260. The fourth-order valence-electron chi connectivity index (χ4n) is 9.57. The Hall–Kier alpha value is -1.44. The topological polar surface area (TPSA) is 34.1 Å². The molecule has 0 amide bonds. The van der Waals surface area contributed by atoms with Crippen LogP contribution in [0.2, 0.25) is 0 Å². The molecule has 0 aliphatic heterocycles. The molecule has 0 unspecified atom stereocenters. The summed E-state index contributed by atoms with van der Waals surface area (Å²) in [5.74, 6) is 0.185. The van der Waals surface area contributed by atoms with Crippen molar-refractivity contribution in [2.75, 3.05) is 0 Å². The molecule has 0 rings (SSSR count). The normalized spacial score (nSPS) is 12.1. The molecule has 0 aromatic heterocycles. The predicted molar refractivity (Wildman–Crippen MR) is 289 cm³/mol. The fourth-order valence-corrected chi connectivity index (χ4v) is 9.57. The van der Waals surface area contributed by atoms with Gasteiger partial charge in [0, 0.05) is 12.8 Å². The SMILES string of the molecule is CC/C=C\C/C=C\C/C=C\CCCCCCCC(C(=O)CCCCCCCCCCCCCCCCCCCCC)C(=O)CCCCCCCCCCCCCCCCCCCCC. The van der Waals surface area contributed by atoms with E-state index in [1.165, 1.54) is 238 Å². The van der Waals surface area contributed by atoms with Crippen molar-refractivity contribution in [3.05, 3.63) is 36.5 Å². The smallest absolute Gasteiger partial charge is 0.143 e. The summed E-state index contributed by atoms with van der Waals surface area (Å²) in [6.45, 7) is 6.78. The van der Waals surface area contributed by atoms with Gasteiger partial charge in [-0.25, -0.2) is 0 Å². The van der Waals surface area contributed by atoms with Crippen molar-refractivity contribution in [2.24, 2.45) is 5.92 Å². The van der Waals surface area contributed by atoms with Gasteiger partial charge in [-0.3, -0.25) is 9.59 Å². The third-order valence-corrected chi connectivity index (χ3v) is 14.0.